The standard InChI is InChI=1S/C17H16O5/c1-3-4-11-8-12(19)16-14(22-11)6-9-5-10(18)7-13(21-2)15(9)17(16)20/h5-8,19-20H,3-4H2,1-2H3. The summed E-state index contributed by atoms with van der Waals surface area (Å²) in [6, 6.07) is 5.84. The van der Waals surface area contributed by atoms with Gasteiger partial charge in [0.1, 0.15) is 34.0 Å². The van der Waals surface area contributed by atoms with Crippen molar-refractivity contribution in [2.24, 2.45) is 0 Å². The van der Waals surface area contributed by atoms with E-state index < -0.39 is 0 Å². The monoisotopic (exact) mass is 300 g/mol. The van der Waals surface area contributed by atoms with Crippen LogP contribution < -0.4 is 10.2 Å². The van der Waals surface area contributed by atoms with Crippen molar-refractivity contribution in [3.63, 3.8) is 0 Å². The van der Waals surface area contributed by atoms with Crippen molar-refractivity contribution >= 4 is 21.7 Å². The average molecular weight is 300 g/mol. The summed E-state index contributed by atoms with van der Waals surface area (Å²) in [5.74, 6) is 0.668. The predicted molar refractivity (Wildman–Crippen MR) is 83.9 cm³/mol. The zero-order valence-corrected chi connectivity index (χ0v) is 12.3. The Bertz CT molecular complexity index is 924. The van der Waals surface area contributed by atoms with Gasteiger partial charge in [-0.25, -0.2) is 0 Å². The number of ether oxygens (including phenoxy) is 1. The molecule has 2 N–H and O–H groups in total. The fourth-order valence-corrected chi connectivity index (χ4v) is 2.69. The number of phenols is 1. The third-order valence-electron chi connectivity index (χ3n) is 3.62. The van der Waals surface area contributed by atoms with Crippen LogP contribution in [0.1, 0.15) is 19.1 Å². The predicted octanol–water partition coefficient (Wildman–Crippen LogP) is 3.32. The van der Waals surface area contributed by atoms with Crippen molar-refractivity contribution in [1.82, 2.24) is 0 Å². The summed E-state index contributed by atoms with van der Waals surface area (Å²) >= 11 is 0. The molecule has 0 aliphatic heterocycles. The maximum absolute atomic E-state index is 11.7. The second-order valence-corrected chi connectivity index (χ2v) is 5.17. The molecular formula is C17H16O5. The van der Waals surface area contributed by atoms with Crippen LogP contribution in [0.3, 0.4) is 0 Å². The highest BCUT2D eigenvalue weighted by atomic mass is 16.5. The lowest BCUT2D eigenvalue weighted by molar-refractivity contribution is 0.415. The van der Waals surface area contributed by atoms with E-state index in [1.54, 1.807) is 6.07 Å². The molecule has 0 amide bonds. The summed E-state index contributed by atoms with van der Waals surface area (Å²) in [4.78, 5) is 11.7. The normalized spacial score (nSPS) is 11.2. The van der Waals surface area contributed by atoms with Gasteiger partial charge >= 0.3 is 0 Å². The molecule has 3 rings (SSSR count). The first-order chi connectivity index (χ1) is 10.5. The first-order valence-electron chi connectivity index (χ1n) is 7.04. The molecule has 0 unspecified atom stereocenters. The molecule has 0 saturated heterocycles. The Hall–Kier alpha value is -2.69. The van der Waals surface area contributed by atoms with E-state index in [1.165, 1.54) is 25.3 Å². The average Bonchev–Trinajstić information content (AvgIpc) is 2.45. The number of aryl methyl sites for hydroxylation is 1. The van der Waals surface area contributed by atoms with Crippen molar-refractivity contribution in [1.29, 1.82) is 0 Å². The molecule has 2 aromatic carbocycles. The third-order valence-corrected chi connectivity index (χ3v) is 3.62. The van der Waals surface area contributed by atoms with Crippen LogP contribution in [0.15, 0.2) is 33.5 Å². The molecule has 3 aromatic rings. The maximum atomic E-state index is 11.7. The molecule has 0 aliphatic rings. The molecule has 0 fully saturated rings. The van der Waals surface area contributed by atoms with Gasteiger partial charge in [-0.05, 0) is 23.9 Å². The molecule has 5 heteroatoms. The van der Waals surface area contributed by atoms with Crippen LogP contribution in [0.5, 0.6) is 17.2 Å². The van der Waals surface area contributed by atoms with E-state index in [1.807, 2.05) is 6.92 Å². The van der Waals surface area contributed by atoms with Crippen molar-refractivity contribution in [2.45, 2.75) is 19.8 Å². The summed E-state index contributed by atoms with van der Waals surface area (Å²) in [5, 5.41) is 21.8. The van der Waals surface area contributed by atoms with Crippen molar-refractivity contribution in [3.8, 4) is 17.2 Å². The van der Waals surface area contributed by atoms with Crippen molar-refractivity contribution in [3.05, 3.63) is 40.2 Å². The number of fused-ring (bicyclic) bond motifs is 2. The number of phenolic OH excluding ortho intramolecular Hbond substituents is 1. The van der Waals surface area contributed by atoms with Gasteiger partial charge in [0.25, 0.3) is 0 Å². The molecule has 0 bridgehead atoms. The highest BCUT2D eigenvalue weighted by Gasteiger charge is 2.17. The number of methoxy groups -OCH3 is 1. The largest absolute Gasteiger partial charge is 0.507 e. The first-order valence-corrected chi connectivity index (χ1v) is 7.04. The van der Waals surface area contributed by atoms with Crippen LogP contribution in [0, 0.1) is 0 Å². The van der Waals surface area contributed by atoms with Crippen LogP contribution in [0.2, 0.25) is 0 Å². The number of rotatable bonds is 3. The summed E-state index contributed by atoms with van der Waals surface area (Å²) in [6.45, 7) is 2.00. The molecule has 0 saturated carbocycles. The van der Waals surface area contributed by atoms with E-state index in [0.29, 0.717) is 28.5 Å². The number of benzene rings is 2. The molecule has 0 aliphatic carbocycles. The van der Waals surface area contributed by atoms with E-state index in [2.05, 4.69) is 0 Å². The van der Waals surface area contributed by atoms with Crippen LogP contribution in [-0.4, -0.2) is 17.3 Å². The Morgan fingerprint density at radius 2 is 1.91 bits per heavy atom. The molecule has 22 heavy (non-hydrogen) atoms. The smallest absolute Gasteiger partial charge is 0.182 e. The minimum atomic E-state index is -0.225. The topological polar surface area (TPSA) is 79.9 Å². The molecule has 0 spiro atoms. The number of aromatic hydroxyl groups is 2. The second kappa shape index (κ2) is 5.26. The van der Waals surface area contributed by atoms with E-state index in [4.69, 9.17) is 9.15 Å². The lowest BCUT2D eigenvalue weighted by atomic mass is 10.0. The quantitative estimate of drug-likeness (QED) is 0.725. The van der Waals surface area contributed by atoms with Gasteiger partial charge in [-0.1, -0.05) is 6.92 Å². The Morgan fingerprint density at radius 1 is 1.14 bits per heavy atom. The SMILES string of the molecule is CCCc1cc(O)c2c(O)c3c(OC)cc(=O)cc3cc2o1. The van der Waals surface area contributed by atoms with Gasteiger partial charge in [-0.15, -0.1) is 0 Å². The van der Waals surface area contributed by atoms with Gasteiger partial charge in [0.15, 0.2) is 5.43 Å². The van der Waals surface area contributed by atoms with E-state index in [9.17, 15) is 15.0 Å². The molecule has 0 radical (unpaired) electrons. The van der Waals surface area contributed by atoms with Gasteiger partial charge < -0.3 is 19.4 Å². The molecule has 114 valence electrons. The lowest BCUT2D eigenvalue weighted by Gasteiger charge is -2.11. The Kier molecular flexibility index (Phi) is 3.41. The Balaban J connectivity index is 2.46. The van der Waals surface area contributed by atoms with E-state index >= 15 is 0 Å². The maximum Gasteiger partial charge on any atom is 0.182 e. The third kappa shape index (κ3) is 2.15. The highest BCUT2D eigenvalue weighted by molar-refractivity contribution is 6.07. The van der Waals surface area contributed by atoms with Gasteiger partial charge in [0.2, 0.25) is 0 Å². The van der Waals surface area contributed by atoms with Crippen LogP contribution >= 0.6 is 0 Å². The van der Waals surface area contributed by atoms with Gasteiger partial charge in [-0.2, -0.15) is 0 Å². The zero-order chi connectivity index (χ0) is 15.9. The lowest BCUT2D eigenvalue weighted by Crippen LogP contribution is -1.99. The van der Waals surface area contributed by atoms with Gasteiger partial charge in [0, 0.05) is 18.6 Å². The highest BCUT2D eigenvalue weighted by Crippen LogP contribution is 2.42. The summed E-state index contributed by atoms with van der Waals surface area (Å²) < 4.78 is 10.9. The summed E-state index contributed by atoms with van der Waals surface area (Å²) in [6.07, 6.45) is 1.54. The fourth-order valence-electron chi connectivity index (χ4n) is 2.69. The van der Waals surface area contributed by atoms with Crippen molar-refractivity contribution < 1.29 is 19.4 Å². The fraction of sp³-hybridized carbons (Fsp3) is 0.235. The molecule has 5 nitrogen and oxygen atoms in total. The Labute approximate surface area is 126 Å². The van der Waals surface area contributed by atoms with E-state index in [0.717, 1.165) is 6.42 Å². The number of hydrogen-bond acceptors (Lipinski definition) is 5. The number of hydrogen-bond donors (Lipinski definition) is 2. The minimum Gasteiger partial charge on any atom is -0.507 e. The van der Waals surface area contributed by atoms with Crippen LogP contribution in [-0.2, 0) is 6.42 Å². The van der Waals surface area contributed by atoms with Crippen molar-refractivity contribution in [2.75, 3.05) is 7.11 Å². The van der Waals surface area contributed by atoms with Crippen LogP contribution in [0.4, 0.5) is 0 Å². The Morgan fingerprint density at radius 3 is 2.59 bits per heavy atom. The van der Waals surface area contributed by atoms with E-state index in [-0.39, 0.29) is 28.1 Å². The molecule has 0 atom stereocenters. The first kappa shape index (κ1) is 14.3. The van der Waals surface area contributed by atoms with Gasteiger partial charge in [0.05, 0.1) is 12.5 Å². The van der Waals surface area contributed by atoms with Crippen LogP contribution in [0.25, 0.3) is 21.7 Å². The summed E-state index contributed by atoms with van der Waals surface area (Å²) in [7, 11) is 1.42. The molecule has 1 heterocycles. The molecular weight excluding hydrogens is 284 g/mol. The zero-order valence-electron chi connectivity index (χ0n) is 12.3. The molecule has 1 aromatic heterocycles. The second-order valence-electron chi connectivity index (χ2n) is 5.17. The van der Waals surface area contributed by atoms with Gasteiger partial charge in [-0.3, -0.25) is 4.79 Å². The summed E-state index contributed by atoms with van der Waals surface area (Å²) in [5.41, 5.74) is 0.109. The minimum absolute atomic E-state index is 0.0580.